The van der Waals surface area contributed by atoms with Crippen LogP contribution < -0.4 is 15.0 Å². The van der Waals surface area contributed by atoms with Gasteiger partial charge in [0, 0.05) is 10.7 Å². The Morgan fingerprint density at radius 1 is 1.30 bits per heavy atom. The van der Waals surface area contributed by atoms with Gasteiger partial charge in [0.1, 0.15) is 12.3 Å². The second-order valence-electron chi connectivity index (χ2n) is 5.24. The fourth-order valence-electron chi connectivity index (χ4n) is 2.39. The third-order valence-corrected chi connectivity index (χ3v) is 3.82. The highest BCUT2D eigenvalue weighted by molar-refractivity contribution is 6.31. The minimum Gasteiger partial charge on any atom is -0.482 e. The molecule has 1 heterocycles. The van der Waals surface area contributed by atoms with Crippen molar-refractivity contribution >= 4 is 34.8 Å². The number of ether oxygens (including phenoxy) is 1. The highest BCUT2D eigenvalue weighted by Gasteiger charge is 2.27. The molecule has 0 fully saturated rings. The summed E-state index contributed by atoms with van der Waals surface area (Å²) >= 11 is 5.95. The largest absolute Gasteiger partial charge is 0.482 e. The number of halogens is 1. The van der Waals surface area contributed by atoms with E-state index in [0.29, 0.717) is 22.1 Å². The van der Waals surface area contributed by atoms with Crippen LogP contribution in [0.25, 0.3) is 0 Å². The quantitative estimate of drug-likeness (QED) is 0.941. The number of nitrogens with one attached hydrogen (secondary N) is 1. The van der Waals surface area contributed by atoms with Crippen LogP contribution in [0.15, 0.2) is 42.5 Å². The third kappa shape index (κ3) is 3.29. The van der Waals surface area contributed by atoms with E-state index >= 15 is 0 Å². The molecule has 3 rings (SSSR count). The molecular formula is C17H15ClN2O3. The number of hydrogen-bond acceptors (Lipinski definition) is 3. The van der Waals surface area contributed by atoms with E-state index in [0.717, 1.165) is 5.56 Å². The van der Waals surface area contributed by atoms with Gasteiger partial charge < -0.3 is 10.1 Å². The summed E-state index contributed by atoms with van der Waals surface area (Å²) in [7, 11) is 0. The first-order chi connectivity index (χ1) is 11.0. The van der Waals surface area contributed by atoms with E-state index in [1.807, 2.05) is 19.1 Å². The molecule has 0 saturated carbocycles. The number of hydrogen-bond donors (Lipinski definition) is 1. The number of para-hydroxylation sites is 2. The average Bonchev–Trinajstić information content (AvgIpc) is 2.54. The Kier molecular flexibility index (Phi) is 4.21. The lowest BCUT2D eigenvalue weighted by Crippen LogP contribution is -2.43. The number of fused-ring (bicyclic) bond motifs is 1. The van der Waals surface area contributed by atoms with Crippen molar-refractivity contribution in [2.45, 2.75) is 6.92 Å². The number of rotatable bonds is 3. The molecule has 0 radical (unpaired) electrons. The topological polar surface area (TPSA) is 58.6 Å². The Morgan fingerprint density at radius 2 is 2.09 bits per heavy atom. The van der Waals surface area contributed by atoms with Crippen LogP contribution in [0.3, 0.4) is 0 Å². The zero-order valence-corrected chi connectivity index (χ0v) is 13.3. The zero-order chi connectivity index (χ0) is 16.4. The minimum absolute atomic E-state index is 0.0690. The lowest BCUT2D eigenvalue weighted by atomic mass is 10.2. The van der Waals surface area contributed by atoms with Crippen LogP contribution in [0.5, 0.6) is 5.75 Å². The van der Waals surface area contributed by atoms with E-state index in [1.54, 1.807) is 30.3 Å². The van der Waals surface area contributed by atoms with Gasteiger partial charge in [-0.2, -0.15) is 0 Å². The molecule has 1 aliphatic heterocycles. The maximum atomic E-state index is 12.3. The van der Waals surface area contributed by atoms with Gasteiger partial charge in [0.05, 0.1) is 5.69 Å². The van der Waals surface area contributed by atoms with Crippen LogP contribution >= 0.6 is 11.6 Å². The van der Waals surface area contributed by atoms with E-state index < -0.39 is 0 Å². The smallest absolute Gasteiger partial charge is 0.265 e. The maximum absolute atomic E-state index is 12.3. The monoisotopic (exact) mass is 330 g/mol. The third-order valence-electron chi connectivity index (χ3n) is 3.58. The molecule has 6 heteroatoms. The molecule has 1 N–H and O–H groups in total. The molecule has 0 atom stereocenters. The Balaban J connectivity index is 1.78. The summed E-state index contributed by atoms with van der Waals surface area (Å²) in [4.78, 5) is 25.8. The summed E-state index contributed by atoms with van der Waals surface area (Å²) in [5.74, 6) is 0.0564. The first-order valence-corrected chi connectivity index (χ1v) is 7.50. The van der Waals surface area contributed by atoms with Gasteiger partial charge in [-0.25, -0.2) is 0 Å². The number of aryl methyl sites for hydroxylation is 1. The normalized spacial score (nSPS) is 13.3. The molecule has 0 unspecified atom stereocenters. The fourth-order valence-corrected chi connectivity index (χ4v) is 2.56. The zero-order valence-electron chi connectivity index (χ0n) is 12.5. The average molecular weight is 331 g/mol. The van der Waals surface area contributed by atoms with Gasteiger partial charge in [-0.05, 0) is 36.8 Å². The molecule has 0 aliphatic carbocycles. The molecule has 2 aromatic carbocycles. The van der Waals surface area contributed by atoms with Crippen molar-refractivity contribution in [3.05, 3.63) is 53.1 Å². The Morgan fingerprint density at radius 3 is 2.91 bits per heavy atom. The standard InChI is InChI=1S/C17H15ClN2O3/c1-11-6-7-12(18)8-13(11)19-16(21)9-20-14-4-2-3-5-15(14)23-10-17(20)22/h2-8H,9-10H2,1H3,(H,19,21). The van der Waals surface area contributed by atoms with E-state index in [9.17, 15) is 9.59 Å². The van der Waals surface area contributed by atoms with Crippen molar-refractivity contribution in [3.63, 3.8) is 0 Å². The molecule has 118 valence electrons. The van der Waals surface area contributed by atoms with E-state index in [4.69, 9.17) is 16.3 Å². The highest BCUT2D eigenvalue weighted by Crippen LogP contribution is 2.31. The molecule has 5 nitrogen and oxygen atoms in total. The van der Waals surface area contributed by atoms with Crippen LogP contribution in [0.2, 0.25) is 5.02 Å². The van der Waals surface area contributed by atoms with Crippen molar-refractivity contribution in [1.29, 1.82) is 0 Å². The van der Waals surface area contributed by atoms with E-state index in [1.165, 1.54) is 4.90 Å². The molecular weight excluding hydrogens is 316 g/mol. The van der Waals surface area contributed by atoms with Gasteiger partial charge in [-0.3, -0.25) is 14.5 Å². The second kappa shape index (κ2) is 6.30. The summed E-state index contributed by atoms with van der Waals surface area (Å²) in [6.45, 7) is 1.73. The molecule has 0 aromatic heterocycles. The number of nitrogens with zero attached hydrogens (tertiary/aromatic N) is 1. The molecule has 2 amide bonds. The highest BCUT2D eigenvalue weighted by atomic mass is 35.5. The Bertz CT molecular complexity index is 776. The maximum Gasteiger partial charge on any atom is 0.265 e. The van der Waals surface area contributed by atoms with Gasteiger partial charge in [0.15, 0.2) is 6.61 Å². The lowest BCUT2D eigenvalue weighted by molar-refractivity contribution is -0.123. The first kappa shape index (κ1) is 15.4. The van der Waals surface area contributed by atoms with E-state index in [2.05, 4.69) is 5.32 Å². The molecule has 23 heavy (non-hydrogen) atoms. The van der Waals surface area contributed by atoms with Crippen molar-refractivity contribution in [3.8, 4) is 5.75 Å². The summed E-state index contributed by atoms with van der Waals surface area (Å²) < 4.78 is 5.36. The van der Waals surface area contributed by atoms with Gasteiger partial charge in [-0.1, -0.05) is 29.8 Å². The van der Waals surface area contributed by atoms with Crippen molar-refractivity contribution in [1.82, 2.24) is 0 Å². The molecule has 1 aliphatic rings. The number of carbonyl (C=O) groups excluding carboxylic acids is 2. The van der Waals surface area contributed by atoms with Gasteiger partial charge in [0.2, 0.25) is 5.91 Å². The van der Waals surface area contributed by atoms with Gasteiger partial charge in [0.25, 0.3) is 5.91 Å². The minimum atomic E-state index is -0.291. The lowest BCUT2D eigenvalue weighted by Gasteiger charge is -2.28. The predicted molar refractivity (Wildman–Crippen MR) is 89.1 cm³/mol. The number of benzene rings is 2. The molecule has 0 spiro atoms. The second-order valence-corrected chi connectivity index (χ2v) is 5.68. The van der Waals surface area contributed by atoms with Crippen molar-refractivity contribution in [2.24, 2.45) is 0 Å². The summed E-state index contributed by atoms with van der Waals surface area (Å²) in [5.41, 5.74) is 2.13. The Labute approximate surface area is 138 Å². The SMILES string of the molecule is Cc1ccc(Cl)cc1NC(=O)CN1C(=O)COc2ccccc21. The summed E-state index contributed by atoms with van der Waals surface area (Å²) in [6.07, 6.45) is 0. The van der Waals surface area contributed by atoms with Crippen LogP contribution in [-0.2, 0) is 9.59 Å². The van der Waals surface area contributed by atoms with Gasteiger partial charge in [-0.15, -0.1) is 0 Å². The van der Waals surface area contributed by atoms with Crippen LogP contribution in [0.1, 0.15) is 5.56 Å². The van der Waals surface area contributed by atoms with E-state index in [-0.39, 0.29) is 25.0 Å². The first-order valence-electron chi connectivity index (χ1n) is 7.13. The van der Waals surface area contributed by atoms with Gasteiger partial charge >= 0.3 is 0 Å². The molecule has 0 saturated heterocycles. The Hall–Kier alpha value is -2.53. The summed E-state index contributed by atoms with van der Waals surface area (Å²) in [5, 5.41) is 3.33. The van der Waals surface area contributed by atoms with Crippen molar-refractivity contribution in [2.75, 3.05) is 23.4 Å². The number of amides is 2. The van der Waals surface area contributed by atoms with Crippen LogP contribution in [-0.4, -0.2) is 25.0 Å². The summed E-state index contributed by atoms with van der Waals surface area (Å²) in [6, 6.07) is 12.4. The number of carbonyl (C=O) groups is 2. The van der Waals surface area contributed by atoms with Crippen LogP contribution in [0.4, 0.5) is 11.4 Å². The fraction of sp³-hybridized carbons (Fsp3) is 0.176. The molecule has 0 bridgehead atoms. The predicted octanol–water partition coefficient (Wildman–Crippen LogP) is 3.01. The van der Waals surface area contributed by atoms with Crippen LogP contribution in [0, 0.1) is 6.92 Å². The number of anilines is 2. The molecule has 2 aromatic rings. The van der Waals surface area contributed by atoms with Crippen molar-refractivity contribution < 1.29 is 14.3 Å².